The van der Waals surface area contributed by atoms with Gasteiger partial charge in [0.2, 0.25) is 5.91 Å². The van der Waals surface area contributed by atoms with Gasteiger partial charge < -0.3 is 15.2 Å². The fourth-order valence-electron chi connectivity index (χ4n) is 4.11. The lowest BCUT2D eigenvalue weighted by Gasteiger charge is -2.41. The van der Waals surface area contributed by atoms with E-state index in [1.807, 2.05) is 13.8 Å². The summed E-state index contributed by atoms with van der Waals surface area (Å²) in [5.41, 5.74) is 0. The highest BCUT2D eigenvalue weighted by Crippen LogP contribution is 2.25. The number of carboxylic acids is 1. The molecule has 1 aliphatic carbocycles. The van der Waals surface area contributed by atoms with Gasteiger partial charge in [-0.15, -0.1) is 0 Å². The molecule has 3 atom stereocenters. The number of hydrogen-bond acceptors (Lipinski definition) is 4. The van der Waals surface area contributed by atoms with E-state index in [4.69, 9.17) is 9.84 Å². The Bertz CT molecular complexity index is 436. The van der Waals surface area contributed by atoms with Gasteiger partial charge in [0, 0.05) is 19.1 Å². The van der Waals surface area contributed by atoms with Crippen LogP contribution >= 0.6 is 0 Å². The van der Waals surface area contributed by atoms with Crippen LogP contribution in [-0.4, -0.2) is 59.3 Å². The van der Waals surface area contributed by atoms with E-state index in [1.165, 1.54) is 0 Å². The van der Waals surface area contributed by atoms with Crippen LogP contribution in [0, 0.1) is 11.8 Å². The van der Waals surface area contributed by atoms with Crippen molar-refractivity contribution in [2.75, 3.05) is 13.1 Å². The molecule has 138 valence electrons. The Kier molecular flexibility index (Phi) is 6.63. The standard InChI is InChI=1S/C18H32N2O4/c1-11(2)16(20-9-12(3)24-13(4)10-20)17(21)19-15-7-5-14(6-8-15)18(22)23/h11-16H,5-10H2,1-4H3,(H,19,21)(H,22,23)/t12-,13+,14?,15?,16-/m0/s1. The van der Waals surface area contributed by atoms with Crippen molar-refractivity contribution in [1.29, 1.82) is 0 Å². The maximum Gasteiger partial charge on any atom is 0.306 e. The van der Waals surface area contributed by atoms with Crippen LogP contribution in [0.4, 0.5) is 0 Å². The van der Waals surface area contributed by atoms with Gasteiger partial charge in [-0.25, -0.2) is 0 Å². The number of carbonyl (C=O) groups excluding carboxylic acids is 1. The second kappa shape index (κ2) is 8.30. The molecule has 0 aromatic carbocycles. The average molecular weight is 340 g/mol. The van der Waals surface area contributed by atoms with Crippen molar-refractivity contribution < 1.29 is 19.4 Å². The van der Waals surface area contributed by atoms with Crippen molar-refractivity contribution in [3.05, 3.63) is 0 Å². The number of ether oxygens (including phenoxy) is 1. The third-order valence-corrected chi connectivity index (χ3v) is 5.16. The zero-order chi connectivity index (χ0) is 17.9. The number of carboxylic acid groups (broad SMARTS) is 1. The molecule has 0 unspecified atom stereocenters. The smallest absolute Gasteiger partial charge is 0.306 e. The molecule has 6 heteroatoms. The van der Waals surface area contributed by atoms with Gasteiger partial charge in [-0.2, -0.15) is 0 Å². The first-order valence-corrected chi connectivity index (χ1v) is 9.20. The molecular weight excluding hydrogens is 308 g/mol. The third-order valence-electron chi connectivity index (χ3n) is 5.16. The Hall–Kier alpha value is -1.14. The zero-order valence-electron chi connectivity index (χ0n) is 15.3. The van der Waals surface area contributed by atoms with Crippen LogP contribution in [0.2, 0.25) is 0 Å². The highest BCUT2D eigenvalue weighted by Gasteiger charge is 2.35. The van der Waals surface area contributed by atoms with Crippen molar-refractivity contribution in [2.24, 2.45) is 11.8 Å². The van der Waals surface area contributed by atoms with E-state index in [-0.39, 0.29) is 42.0 Å². The summed E-state index contributed by atoms with van der Waals surface area (Å²) in [7, 11) is 0. The number of rotatable bonds is 5. The summed E-state index contributed by atoms with van der Waals surface area (Å²) >= 11 is 0. The maximum atomic E-state index is 12.9. The van der Waals surface area contributed by atoms with E-state index in [0.717, 1.165) is 25.9 Å². The normalized spacial score (nSPS) is 33.2. The molecule has 1 saturated heterocycles. The van der Waals surface area contributed by atoms with Crippen molar-refractivity contribution in [3.8, 4) is 0 Å². The maximum absolute atomic E-state index is 12.9. The molecule has 2 fully saturated rings. The van der Waals surface area contributed by atoms with Gasteiger partial charge in [-0.05, 0) is 45.4 Å². The molecule has 1 amide bonds. The topological polar surface area (TPSA) is 78.9 Å². The number of aliphatic carboxylic acids is 1. The lowest BCUT2D eigenvalue weighted by atomic mass is 9.86. The summed E-state index contributed by atoms with van der Waals surface area (Å²) in [6.45, 7) is 9.79. The van der Waals surface area contributed by atoms with E-state index >= 15 is 0 Å². The summed E-state index contributed by atoms with van der Waals surface area (Å²) in [6.07, 6.45) is 3.08. The Morgan fingerprint density at radius 1 is 1.08 bits per heavy atom. The van der Waals surface area contributed by atoms with Crippen molar-refractivity contribution in [3.63, 3.8) is 0 Å². The summed E-state index contributed by atoms with van der Waals surface area (Å²) < 4.78 is 5.78. The minimum absolute atomic E-state index is 0.0741. The quantitative estimate of drug-likeness (QED) is 0.799. The van der Waals surface area contributed by atoms with Gasteiger partial charge >= 0.3 is 5.97 Å². The van der Waals surface area contributed by atoms with E-state index < -0.39 is 5.97 Å². The molecule has 1 aliphatic heterocycles. The number of nitrogens with one attached hydrogen (secondary N) is 1. The number of amides is 1. The molecule has 6 nitrogen and oxygen atoms in total. The van der Waals surface area contributed by atoms with E-state index in [2.05, 4.69) is 24.1 Å². The van der Waals surface area contributed by atoms with Crippen LogP contribution in [-0.2, 0) is 14.3 Å². The molecule has 2 aliphatic rings. The van der Waals surface area contributed by atoms with Crippen LogP contribution < -0.4 is 5.32 Å². The number of morpholine rings is 1. The van der Waals surface area contributed by atoms with E-state index in [9.17, 15) is 9.59 Å². The zero-order valence-corrected chi connectivity index (χ0v) is 15.3. The van der Waals surface area contributed by atoms with Gasteiger partial charge in [-0.1, -0.05) is 13.8 Å². The highest BCUT2D eigenvalue weighted by molar-refractivity contribution is 5.82. The molecule has 1 saturated carbocycles. The minimum Gasteiger partial charge on any atom is -0.481 e. The first-order valence-electron chi connectivity index (χ1n) is 9.20. The van der Waals surface area contributed by atoms with Crippen LogP contribution in [0.5, 0.6) is 0 Å². The molecule has 0 aromatic rings. The highest BCUT2D eigenvalue weighted by atomic mass is 16.5. The lowest BCUT2D eigenvalue weighted by molar-refractivity contribution is -0.142. The first kappa shape index (κ1) is 19.2. The first-order chi connectivity index (χ1) is 11.3. The van der Waals surface area contributed by atoms with Crippen molar-refractivity contribution in [2.45, 2.75) is 77.7 Å². The monoisotopic (exact) mass is 340 g/mol. The Balaban J connectivity index is 1.93. The van der Waals surface area contributed by atoms with Crippen LogP contribution in [0.15, 0.2) is 0 Å². The molecule has 0 aromatic heterocycles. The minimum atomic E-state index is -0.712. The number of hydrogen-bond donors (Lipinski definition) is 2. The van der Waals surface area contributed by atoms with Crippen molar-refractivity contribution in [1.82, 2.24) is 10.2 Å². The summed E-state index contributed by atoms with van der Waals surface area (Å²) in [5, 5.41) is 12.3. The van der Waals surface area contributed by atoms with Crippen molar-refractivity contribution >= 4 is 11.9 Å². The lowest BCUT2D eigenvalue weighted by Crippen LogP contribution is -2.58. The fourth-order valence-corrected chi connectivity index (χ4v) is 4.11. The van der Waals surface area contributed by atoms with Gasteiger partial charge in [-0.3, -0.25) is 14.5 Å². The summed E-state index contributed by atoms with van der Waals surface area (Å²) in [6, 6.07) is -0.0544. The average Bonchev–Trinajstić information content (AvgIpc) is 2.46. The largest absolute Gasteiger partial charge is 0.481 e. The molecular formula is C18H32N2O4. The van der Waals surface area contributed by atoms with Gasteiger partial charge in [0.05, 0.1) is 24.2 Å². The summed E-state index contributed by atoms with van der Waals surface area (Å²) in [4.78, 5) is 26.2. The predicted molar refractivity (Wildman–Crippen MR) is 91.7 cm³/mol. The number of nitrogens with zero attached hydrogens (tertiary/aromatic N) is 1. The van der Waals surface area contributed by atoms with Crippen LogP contribution in [0.1, 0.15) is 53.4 Å². The molecule has 2 rings (SSSR count). The molecule has 0 radical (unpaired) electrons. The third kappa shape index (κ3) is 4.93. The van der Waals surface area contributed by atoms with Crippen LogP contribution in [0.3, 0.4) is 0 Å². The van der Waals surface area contributed by atoms with Gasteiger partial charge in [0.1, 0.15) is 0 Å². The van der Waals surface area contributed by atoms with E-state index in [1.54, 1.807) is 0 Å². The van der Waals surface area contributed by atoms with Gasteiger partial charge in [0.25, 0.3) is 0 Å². The number of carbonyl (C=O) groups is 2. The molecule has 2 N–H and O–H groups in total. The van der Waals surface area contributed by atoms with Crippen LogP contribution in [0.25, 0.3) is 0 Å². The SMILES string of the molecule is CC(C)[C@@H](C(=O)NC1CCC(C(=O)O)CC1)N1C[C@@H](C)O[C@@H](C)C1. The van der Waals surface area contributed by atoms with Gasteiger partial charge in [0.15, 0.2) is 0 Å². The second-order valence-electron chi connectivity index (χ2n) is 7.80. The molecule has 1 heterocycles. The predicted octanol–water partition coefficient (Wildman–Crippen LogP) is 1.88. The Morgan fingerprint density at radius 3 is 2.08 bits per heavy atom. The fraction of sp³-hybridized carbons (Fsp3) is 0.889. The summed E-state index contributed by atoms with van der Waals surface area (Å²) in [5.74, 6) is -0.668. The molecule has 0 bridgehead atoms. The van der Waals surface area contributed by atoms with E-state index in [0.29, 0.717) is 12.8 Å². The Morgan fingerprint density at radius 2 is 1.62 bits per heavy atom. The molecule has 0 spiro atoms. The second-order valence-corrected chi connectivity index (χ2v) is 7.80. The molecule has 24 heavy (non-hydrogen) atoms. The Labute approximate surface area is 144 Å².